The van der Waals surface area contributed by atoms with Gasteiger partial charge in [0.15, 0.2) is 0 Å². The van der Waals surface area contributed by atoms with Crippen LogP contribution in [0.1, 0.15) is 18.1 Å². The molecule has 0 saturated heterocycles. The minimum absolute atomic E-state index is 0.151. The van der Waals surface area contributed by atoms with Crippen molar-refractivity contribution in [2.24, 2.45) is 0 Å². The average Bonchev–Trinajstić information content (AvgIpc) is 2.15. The molecule has 17 heavy (non-hydrogen) atoms. The first-order valence-electron chi connectivity index (χ1n) is 4.72. The van der Waals surface area contributed by atoms with Gasteiger partial charge in [0.2, 0.25) is 5.91 Å². The normalized spacial score (nSPS) is 11.1. The van der Waals surface area contributed by atoms with Crippen molar-refractivity contribution in [1.29, 1.82) is 0 Å². The molecule has 0 aliphatic rings. The van der Waals surface area contributed by atoms with E-state index in [1.54, 1.807) is 6.92 Å². The number of rotatable bonds is 3. The van der Waals surface area contributed by atoms with Crippen molar-refractivity contribution >= 4 is 22.1 Å². The molecule has 0 unspecified atom stereocenters. The molecule has 0 radical (unpaired) electrons. The predicted molar refractivity (Wildman–Crippen MR) is 60.9 cm³/mol. The second-order valence-corrected chi connectivity index (χ2v) is 4.49. The molecule has 0 heterocycles. The molecule has 0 spiro atoms. The van der Waals surface area contributed by atoms with E-state index in [1.165, 1.54) is 26.0 Å². The summed E-state index contributed by atoms with van der Waals surface area (Å²) in [7, 11) is -5.07. The number of aryl methyl sites for hydroxylation is 1. The Morgan fingerprint density at radius 3 is 2.41 bits per heavy atom. The van der Waals surface area contributed by atoms with Gasteiger partial charge >= 0.3 is 10.5 Å². The molecular weight excluding hydrogens is 249 g/mol. The molecule has 1 amide bonds. The maximum absolute atomic E-state index is 12.4. The molecule has 0 bridgehead atoms. The highest BCUT2D eigenvalue weighted by Crippen LogP contribution is 2.30. The third-order valence-electron chi connectivity index (χ3n) is 2.11. The van der Waals surface area contributed by atoms with Gasteiger partial charge in [-0.3, -0.25) is 4.79 Å². The number of hydrogen-bond acceptors (Lipinski definition) is 4. The number of carbonyl (C=O) groups excluding carboxylic acids is 1. The van der Waals surface area contributed by atoms with Gasteiger partial charge in [0.25, 0.3) is 0 Å². The van der Waals surface area contributed by atoms with Crippen molar-refractivity contribution in [3.63, 3.8) is 0 Å². The van der Waals surface area contributed by atoms with Crippen molar-refractivity contribution in [2.45, 2.75) is 20.8 Å². The lowest BCUT2D eigenvalue weighted by Crippen LogP contribution is -2.10. The van der Waals surface area contributed by atoms with Crippen LogP contribution in [0.5, 0.6) is 5.75 Å². The van der Waals surface area contributed by atoms with Gasteiger partial charge in [0.1, 0.15) is 5.75 Å². The Morgan fingerprint density at radius 2 is 1.94 bits per heavy atom. The van der Waals surface area contributed by atoms with Gasteiger partial charge in [-0.15, -0.1) is 0 Å². The molecule has 1 N–H and O–H groups in total. The third kappa shape index (κ3) is 3.70. The lowest BCUT2D eigenvalue weighted by atomic mass is 10.1. The first-order valence-corrected chi connectivity index (χ1v) is 6.03. The topological polar surface area (TPSA) is 72.5 Å². The van der Waals surface area contributed by atoms with E-state index in [2.05, 4.69) is 9.50 Å². The number of carbonyl (C=O) groups is 1. The quantitative estimate of drug-likeness (QED) is 0.843. The largest absolute Gasteiger partial charge is 0.488 e. The fourth-order valence-corrected chi connectivity index (χ4v) is 1.79. The molecule has 0 aromatic heterocycles. The van der Waals surface area contributed by atoms with Crippen molar-refractivity contribution in [1.82, 2.24) is 0 Å². The summed E-state index contributed by atoms with van der Waals surface area (Å²) in [5.41, 5.74) is 1.49. The molecule has 0 fully saturated rings. The summed E-state index contributed by atoms with van der Waals surface area (Å²) in [5, 5.41) is 2.53. The van der Waals surface area contributed by atoms with E-state index in [9.17, 15) is 17.1 Å². The molecule has 5 nitrogen and oxygen atoms in total. The Kier molecular flexibility index (Phi) is 3.72. The predicted octanol–water partition coefficient (Wildman–Crippen LogP) is 1.85. The van der Waals surface area contributed by atoms with E-state index in [1.807, 2.05) is 0 Å². The number of amides is 1. The highest BCUT2D eigenvalue weighted by atomic mass is 32.3. The minimum Gasteiger partial charge on any atom is -0.358 e. The Hall–Kier alpha value is -1.63. The van der Waals surface area contributed by atoms with Crippen molar-refractivity contribution in [3.8, 4) is 5.75 Å². The molecular formula is C10H12FNO4S. The number of anilines is 1. The molecule has 1 aromatic carbocycles. The average molecular weight is 261 g/mol. The fourth-order valence-electron chi connectivity index (χ4n) is 1.39. The Balaban J connectivity index is 3.23. The van der Waals surface area contributed by atoms with Gasteiger partial charge in [-0.1, -0.05) is 9.95 Å². The van der Waals surface area contributed by atoms with Crippen LogP contribution in [-0.4, -0.2) is 14.3 Å². The first-order chi connectivity index (χ1) is 7.70. The number of halogens is 1. The lowest BCUT2D eigenvalue weighted by molar-refractivity contribution is -0.114. The Labute approximate surface area is 99.0 Å². The van der Waals surface area contributed by atoms with Gasteiger partial charge in [-0.05, 0) is 25.5 Å². The van der Waals surface area contributed by atoms with E-state index < -0.39 is 10.5 Å². The number of nitrogens with one attached hydrogen (secondary N) is 1. The maximum Gasteiger partial charge on any atom is 0.488 e. The van der Waals surface area contributed by atoms with Crippen LogP contribution in [0.2, 0.25) is 0 Å². The van der Waals surface area contributed by atoms with E-state index in [0.717, 1.165) is 5.56 Å². The molecule has 1 rings (SSSR count). The van der Waals surface area contributed by atoms with Gasteiger partial charge in [0.05, 0.1) is 5.69 Å². The summed E-state index contributed by atoms with van der Waals surface area (Å²) in [6, 6.07) is 2.85. The summed E-state index contributed by atoms with van der Waals surface area (Å²) in [6.07, 6.45) is 0. The fraction of sp³-hybridized carbons (Fsp3) is 0.300. The van der Waals surface area contributed by atoms with Crippen molar-refractivity contribution < 1.29 is 21.3 Å². The summed E-state index contributed by atoms with van der Waals surface area (Å²) in [5.74, 6) is -0.460. The first kappa shape index (κ1) is 13.4. The summed E-state index contributed by atoms with van der Waals surface area (Å²) in [6.45, 7) is 4.57. The highest BCUT2D eigenvalue weighted by Gasteiger charge is 2.15. The summed E-state index contributed by atoms with van der Waals surface area (Å²) in [4.78, 5) is 11.0. The Morgan fingerprint density at radius 1 is 1.35 bits per heavy atom. The number of benzene rings is 1. The van der Waals surface area contributed by atoms with Gasteiger partial charge in [-0.25, -0.2) is 0 Å². The lowest BCUT2D eigenvalue weighted by Gasteiger charge is -2.13. The molecule has 1 aromatic rings. The molecule has 7 heteroatoms. The zero-order valence-electron chi connectivity index (χ0n) is 9.57. The van der Waals surface area contributed by atoms with E-state index >= 15 is 0 Å². The molecule has 0 aliphatic heterocycles. The molecule has 0 aliphatic carbocycles. The second kappa shape index (κ2) is 4.70. The van der Waals surface area contributed by atoms with E-state index in [0.29, 0.717) is 11.3 Å². The van der Waals surface area contributed by atoms with Crippen molar-refractivity contribution in [2.75, 3.05) is 5.32 Å². The van der Waals surface area contributed by atoms with Crippen LogP contribution in [-0.2, 0) is 15.3 Å². The van der Waals surface area contributed by atoms with Crippen LogP contribution >= 0.6 is 0 Å². The molecule has 0 saturated carbocycles. The zero-order valence-corrected chi connectivity index (χ0v) is 10.4. The maximum atomic E-state index is 12.4. The monoisotopic (exact) mass is 261 g/mol. The van der Waals surface area contributed by atoms with Gasteiger partial charge in [-0.2, -0.15) is 8.42 Å². The second-order valence-electron chi connectivity index (χ2n) is 3.54. The smallest absolute Gasteiger partial charge is 0.358 e. The Bertz CT molecular complexity index is 554. The van der Waals surface area contributed by atoms with Crippen molar-refractivity contribution in [3.05, 3.63) is 23.3 Å². The van der Waals surface area contributed by atoms with Crippen LogP contribution in [0.3, 0.4) is 0 Å². The van der Waals surface area contributed by atoms with Crippen LogP contribution in [0.25, 0.3) is 0 Å². The van der Waals surface area contributed by atoms with Crippen LogP contribution in [0, 0.1) is 13.8 Å². The van der Waals surface area contributed by atoms with Gasteiger partial charge < -0.3 is 9.50 Å². The molecule has 0 atom stereocenters. The zero-order chi connectivity index (χ0) is 13.2. The third-order valence-corrected chi connectivity index (χ3v) is 2.49. The van der Waals surface area contributed by atoms with Gasteiger partial charge in [0, 0.05) is 12.5 Å². The van der Waals surface area contributed by atoms with E-state index in [-0.39, 0.29) is 11.7 Å². The van der Waals surface area contributed by atoms with Crippen LogP contribution < -0.4 is 9.50 Å². The minimum atomic E-state index is -5.07. The SMILES string of the molecule is CC(=O)Nc1c(C)ccc(OS(=O)(=O)F)c1C. The summed E-state index contributed by atoms with van der Waals surface area (Å²) >= 11 is 0. The summed E-state index contributed by atoms with van der Waals surface area (Å²) < 4.78 is 37.4. The highest BCUT2D eigenvalue weighted by molar-refractivity contribution is 7.81. The molecule has 94 valence electrons. The standard InChI is InChI=1S/C10H12FNO4S/c1-6-4-5-9(16-17(11,14)15)7(2)10(6)12-8(3)13/h4-5H,1-3H3,(H,12,13). The van der Waals surface area contributed by atoms with Crippen LogP contribution in [0.15, 0.2) is 12.1 Å². The van der Waals surface area contributed by atoms with Crippen LogP contribution in [0.4, 0.5) is 9.57 Å². The number of hydrogen-bond donors (Lipinski definition) is 1. The van der Waals surface area contributed by atoms with E-state index in [4.69, 9.17) is 0 Å².